The normalized spacial score (nSPS) is 11.9. The van der Waals surface area contributed by atoms with Crippen molar-refractivity contribution >= 4 is 86.7 Å². The van der Waals surface area contributed by atoms with E-state index in [0.717, 1.165) is 49.1 Å². The fraction of sp³-hybridized carbons (Fsp3) is 0. The number of hydrogen-bond acceptors (Lipinski definition) is 3. The monoisotopic (exact) mass is 794 g/mol. The zero-order valence-corrected chi connectivity index (χ0v) is 33.6. The molecule has 9 aromatic carbocycles. The molecule has 0 aliphatic carbocycles. The van der Waals surface area contributed by atoms with E-state index >= 15 is 0 Å². The van der Waals surface area contributed by atoms with Crippen LogP contribution in [0.4, 0.5) is 0 Å². The molecular weight excluding hydrogens is 761 g/mol. The molecule has 4 aromatic heterocycles. The fourth-order valence-electron chi connectivity index (χ4n) is 9.49. The van der Waals surface area contributed by atoms with Gasteiger partial charge in [-0.2, -0.15) is 0 Å². The van der Waals surface area contributed by atoms with E-state index in [4.69, 9.17) is 9.97 Å². The summed E-state index contributed by atoms with van der Waals surface area (Å²) in [4.78, 5) is 12.1. The molecule has 0 spiro atoms. The van der Waals surface area contributed by atoms with Gasteiger partial charge in [-0.1, -0.05) is 146 Å². The smallest absolute Gasteiger partial charge is 0.235 e. The molecule has 13 rings (SSSR count). The van der Waals surface area contributed by atoms with Crippen molar-refractivity contribution in [3.05, 3.63) is 206 Å². The Balaban J connectivity index is 1.04. The number of thiophene rings is 1. The molecule has 13 aromatic rings. The molecule has 0 bridgehead atoms. The van der Waals surface area contributed by atoms with E-state index in [-0.39, 0.29) is 0 Å². The molecule has 0 atom stereocenters. The van der Waals surface area contributed by atoms with Gasteiger partial charge in [0, 0.05) is 37.7 Å². The van der Waals surface area contributed by atoms with Crippen LogP contribution in [0.15, 0.2) is 206 Å². The average molecular weight is 795 g/mol. The van der Waals surface area contributed by atoms with Gasteiger partial charge in [0.2, 0.25) is 5.95 Å². The van der Waals surface area contributed by atoms with Crippen LogP contribution in [-0.4, -0.2) is 19.1 Å². The minimum atomic E-state index is 0.659. The first-order valence-electron chi connectivity index (χ1n) is 20.6. The Morgan fingerprint density at radius 3 is 1.74 bits per heavy atom. The van der Waals surface area contributed by atoms with Crippen LogP contribution in [0.2, 0.25) is 0 Å². The first-order valence-corrected chi connectivity index (χ1v) is 21.5. The molecule has 0 saturated carbocycles. The average Bonchev–Trinajstić information content (AvgIpc) is 4.00. The predicted molar refractivity (Wildman–Crippen MR) is 257 cm³/mol. The van der Waals surface area contributed by atoms with Gasteiger partial charge in [-0.05, 0) is 98.9 Å². The van der Waals surface area contributed by atoms with Gasteiger partial charge in [-0.15, -0.1) is 11.3 Å². The topological polar surface area (TPSA) is 35.6 Å². The number of hydrogen-bond donors (Lipinski definition) is 0. The van der Waals surface area contributed by atoms with Crippen LogP contribution in [0.25, 0.3) is 120 Å². The summed E-state index contributed by atoms with van der Waals surface area (Å²) in [5.74, 6) is 0.659. The maximum Gasteiger partial charge on any atom is 0.235 e. The summed E-state index contributed by atoms with van der Waals surface area (Å²) < 4.78 is 5.73. The summed E-state index contributed by atoms with van der Waals surface area (Å²) in [6, 6.07) is 74.4. The van der Waals surface area contributed by atoms with Crippen LogP contribution in [0.1, 0.15) is 0 Å². The lowest BCUT2D eigenvalue weighted by Gasteiger charge is -2.10. The minimum Gasteiger partial charge on any atom is -0.309 e. The van der Waals surface area contributed by atoms with Crippen LogP contribution >= 0.6 is 11.3 Å². The van der Waals surface area contributed by atoms with Gasteiger partial charge in [0.05, 0.1) is 38.0 Å². The van der Waals surface area contributed by atoms with Crippen LogP contribution in [0, 0.1) is 0 Å². The predicted octanol–water partition coefficient (Wildman–Crippen LogP) is 15.2. The number of para-hydroxylation sites is 2. The first-order chi connectivity index (χ1) is 30.2. The summed E-state index contributed by atoms with van der Waals surface area (Å²) >= 11 is 1.77. The third kappa shape index (κ3) is 5.31. The zero-order valence-electron chi connectivity index (χ0n) is 32.8. The SMILES string of the molecule is c1ccc(-c2nc(-n3c4ccc(-c5ccc6c(c5)c5ccccc5n6-c5ccccc5)cc4c4cc5ccccc5cc43)nc3cc(-c4cccc5ccccc45)sc23)cc1. The highest BCUT2D eigenvalue weighted by Crippen LogP contribution is 2.43. The standard InChI is InChI=1S/C56H34N4S/c1-3-15-36(16-4-1)54-55-48(34-53(61-55)44-24-13-19-35-14-9-10-22-42(35)44)57-56(58-54)60-51-29-27-40(32-46(51)47-30-37-17-7-8-18-38(37)33-52(47)60)39-26-28-50-45(31-39)43-23-11-12-25-49(43)59(50)41-20-5-2-6-21-41/h1-34H. The van der Waals surface area contributed by atoms with E-state index in [1.165, 1.54) is 64.7 Å². The summed E-state index contributed by atoms with van der Waals surface area (Å²) in [7, 11) is 0. The van der Waals surface area contributed by atoms with Crippen molar-refractivity contribution in [3.63, 3.8) is 0 Å². The number of rotatable bonds is 5. The summed E-state index contributed by atoms with van der Waals surface area (Å²) in [6.07, 6.45) is 0. The molecule has 0 amide bonds. The van der Waals surface area contributed by atoms with E-state index in [2.05, 4.69) is 215 Å². The molecule has 0 unspecified atom stereocenters. The molecule has 284 valence electrons. The molecule has 0 aliphatic heterocycles. The highest BCUT2D eigenvalue weighted by atomic mass is 32.1. The van der Waals surface area contributed by atoms with Gasteiger partial charge in [-0.3, -0.25) is 4.57 Å². The lowest BCUT2D eigenvalue weighted by atomic mass is 10.00. The van der Waals surface area contributed by atoms with Gasteiger partial charge in [0.25, 0.3) is 0 Å². The molecule has 0 radical (unpaired) electrons. The maximum atomic E-state index is 5.49. The maximum absolute atomic E-state index is 5.49. The van der Waals surface area contributed by atoms with Crippen molar-refractivity contribution in [2.45, 2.75) is 0 Å². The number of aromatic nitrogens is 4. The summed E-state index contributed by atoms with van der Waals surface area (Å²) in [5.41, 5.74) is 12.2. The second-order valence-electron chi connectivity index (χ2n) is 15.8. The highest BCUT2D eigenvalue weighted by molar-refractivity contribution is 7.22. The Morgan fingerprint density at radius 2 is 0.951 bits per heavy atom. The first kappa shape index (κ1) is 34.0. The molecule has 4 heterocycles. The molecule has 0 fully saturated rings. The van der Waals surface area contributed by atoms with Crippen LogP contribution in [-0.2, 0) is 0 Å². The molecule has 5 heteroatoms. The third-order valence-corrected chi connectivity index (χ3v) is 13.5. The number of fused-ring (bicyclic) bond motifs is 9. The summed E-state index contributed by atoms with van der Waals surface area (Å²) in [5, 5.41) is 9.65. The molecular formula is C56H34N4S. The Morgan fingerprint density at radius 1 is 0.361 bits per heavy atom. The zero-order chi connectivity index (χ0) is 40.0. The molecule has 4 nitrogen and oxygen atoms in total. The van der Waals surface area contributed by atoms with Crippen molar-refractivity contribution in [3.8, 4) is 44.5 Å². The third-order valence-electron chi connectivity index (χ3n) is 12.3. The van der Waals surface area contributed by atoms with Crippen molar-refractivity contribution in [2.75, 3.05) is 0 Å². The van der Waals surface area contributed by atoms with Crippen molar-refractivity contribution in [1.29, 1.82) is 0 Å². The minimum absolute atomic E-state index is 0.659. The van der Waals surface area contributed by atoms with E-state index in [1.807, 2.05) is 0 Å². The Labute approximate surface area is 354 Å². The van der Waals surface area contributed by atoms with Gasteiger partial charge in [0.1, 0.15) is 0 Å². The fourth-order valence-corrected chi connectivity index (χ4v) is 10.6. The second kappa shape index (κ2) is 13.3. The van der Waals surface area contributed by atoms with Gasteiger partial charge >= 0.3 is 0 Å². The second-order valence-corrected chi connectivity index (χ2v) is 16.8. The van der Waals surface area contributed by atoms with Gasteiger partial charge in [-0.25, -0.2) is 9.97 Å². The molecule has 61 heavy (non-hydrogen) atoms. The van der Waals surface area contributed by atoms with E-state index in [9.17, 15) is 0 Å². The van der Waals surface area contributed by atoms with Crippen LogP contribution < -0.4 is 0 Å². The van der Waals surface area contributed by atoms with Gasteiger partial charge < -0.3 is 4.57 Å². The molecule has 0 aliphatic rings. The molecule has 0 saturated heterocycles. The Bertz CT molecular complexity index is 3870. The van der Waals surface area contributed by atoms with Crippen LogP contribution in [0.5, 0.6) is 0 Å². The Kier molecular flexibility index (Phi) is 7.44. The number of benzene rings is 9. The Hall–Kier alpha value is -7.86. The highest BCUT2D eigenvalue weighted by Gasteiger charge is 2.21. The van der Waals surface area contributed by atoms with Crippen molar-refractivity contribution in [2.24, 2.45) is 0 Å². The molecule has 0 N–H and O–H groups in total. The van der Waals surface area contributed by atoms with Crippen molar-refractivity contribution < 1.29 is 0 Å². The summed E-state index contributed by atoms with van der Waals surface area (Å²) in [6.45, 7) is 0. The van der Waals surface area contributed by atoms with Crippen LogP contribution in [0.3, 0.4) is 0 Å². The van der Waals surface area contributed by atoms with Gasteiger partial charge in [0.15, 0.2) is 0 Å². The lowest BCUT2D eigenvalue weighted by Crippen LogP contribution is -2.02. The lowest BCUT2D eigenvalue weighted by molar-refractivity contribution is 1.02. The largest absolute Gasteiger partial charge is 0.309 e. The van der Waals surface area contributed by atoms with E-state index in [0.29, 0.717) is 5.95 Å². The number of nitrogens with zero attached hydrogens (tertiary/aromatic N) is 4. The van der Waals surface area contributed by atoms with Crippen molar-refractivity contribution in [1.82, 2.24) is 19.1 Å². The van der Waals surface area contributed by atoms with E-state index in [1.54, 1.807) is 11.3 Å². The quantitative estimate of drug-likeness (QED) is 0.174. The van der Waals surface area contributed by atoms with E-state index < -0.39 is 0 Å².